The molecule has 4 rings (SSSR count). The van der Waals surface area contributed by atoms with Crippen LogP contribution in [0.3, 0.4) is 0 Å². The van der Waals surface area contributed by atoms with Gasteiger partial charge in [-0.3, -0.25) is 5.04 Å². The molecule has 4 saturated carbocycles. The molecule has 0 heterocycles. The van der Waals surface area contributed by atoms with Gasteiger partial charge in [0.1, 0.15) is 18.6 Å². The molecule has 176 valence electrons. The maximum atomic E-state index is 13.8. The minimum Gasteiger partial charge on any atom is -0.691 e. The molecule has 0 saturated heterocycles. The zero-order valence-corrected chi connectivity index (χ0v) is 16.2. The molecule has 0 aliphatic heterocycles. The predicted molar refractivity (Wildman–Crippen MR) is 82.1 cm³/mol. The van der Waals surface area contributed by atoms with Crippen LogP contribution in [0.5, 0.6) is 0 Å². The second-order valence-corrected chi connectivity index (χ2v) is 9.30. The van der Waals surface area contributed by atoms with Crippen LogP contribution in [0.2, 0.25) is 0 Å². The van der Waals surface area contributed by atoms with Crippen molar-refractivity contribution < 1.29 is 59.2 Å². The fraction of sp³-hybridized carbons (Fsp3) is 1.00. The Hall–Kier alpha value is -0.410. The molecule has 4 fully saturated rings. The smallest absolute Gasteiger partial charge is 0.436 e. The van der Waals surface area contributed by atoms with Crippen molar-refractivity contribution in [1.29, 1.82) is 0 Å². The van der Waals surface area contributed by atoms with Crippen LogP contribution in [0.25, 0.3) is 0 Å². The van der Waals surface area contributed by atoms with E-state index in [9.17, 15) is 40.4 Å². The van der Waals surface area contributed by atoms with Gasteiger partial charge in [-0.05, 0) is 61.7 Å². The van der Waals surface area contributed by atoms with Gasteiger partial charge in [-0.1, -0.05) is 0 Å². The van der Waals surface area contributed by atoms with Crippen molar-refractivity contribution in [3.63, 3.8) is 0 Å². The largest absolute Gasteiger partial charge is 0.691 e. The second kappa shape index (κ2) is 8.18. The Labute approximate surface area is 170 Å². The Morgan fingerprint density at radius 2 is 1.33 bits per heavy atom. The van der Waals surface area contributed by atoms with Crippen LogP contribution in [0.1, 0.15) is 38.5 Å². The average molecular weight is 475 g/mol. The summed E-state index contributed by atoms with van der Waals surface area (Å²) >= 11 is -1.67. The van der Waals surface area contributed by atoms with Gasteiger partial charge in [0.25, 0.3) is 0 Å². The third-order valence-electron chi connectivity index (χ3n) is 6.04. The first-order valence-corrected chi connectivity index (χ1v) is 9.89. The van der Waals surface area contributed by atoms with E-state index in [1.165, 1.54) is 0 Å². The first-order chi connectivity index (χ1) is 13.7. The molecule has 30 heavy (non-hydrogen) atoms. The number of ether oxygens (including phenoxy) is 2. The van der Waals surface area contributed by atoms with Crippen molar-refractivity contribution in [3.8, 4) is 0 Å². The predicted octanol–water partition coefficient (Wildman–Crippen LogP) is 4.52. The van der Waals surface area contributed by atoms with Crippen molar-refractivity contribution in [2.45, 2.75) is 61.9 Å². The summed E-state index contributed by atoms with van der Waals surface area (Å²) in [6.45, 7) is -2.24. The molecule has 0 radical (unpaired) electrons. The summed E-state index contributed by atoms with van der Waals surface area (Å²) in [5.74, 6) is -4.02. The molecule has 0 spiro atoms. The monoisotopic (exact) mass is 475 g/mol. The fourth-order valence-electron chi connectivity index (χ4n) is 5.35. The van der Waals surface area contributed by atoms with Gasteiger partial charge < -0.3 is 9.99 Å². The zero-order valence-electron chi connectivity index (χ0n) is 15.4. The standard InChI is InChI=1S/C16H20F8O5S/c17-13(18,14(19,20)27-15(21,22)16(23,24)30-29-28-25)8-26-7-12-4-9-1-10(5-12)3-11(2-9)6-12/h9-11,25H,1-8H2/p-1. The molecule has 0 atom stereocenters. The van der Waals surface area contributed by atoms with E-state index < -0.39 is 47.5 Å². The Morgan fingerprint density at radius 1 is 0.833 bits per heavy atom. The molecule has 0 N–H and O–H groups in total. The summed E-state index contributed by atoms with van der Waals surface area (Å²) in [5, 5.41) is 6.23. The Morgan fingerprint density at radius 3 is 1.80 bits per heavy atom. The summed E-state index contributed by atoms with van der Waals surface area (Å²) in [6.07, 6.45) is -6.82. The third kappa shape index (κ3) is 4.82. The highest BCUT2D eigenvalue weighted by molar-refractivity contribution is 7.95. The Balaban J connectivity index is 1.57. The maximum Gasteiger partial charge on any atom is 0.436 e. The SMILES string of the molecule is [O-]OOSC(F)(F)C(F)(F)OC(F)(F)C(F)(F)COCC12CC3CC(CC(C3)C1)C2. The first-order valence-electron chi connectivity index (χ1n) is 9.14. The number of halogens is 8. The van der Waals surface area contributed by atoms with Crippen LogP contribution in [-0.2, 0) is 18.8 Å². The van der Waals surface area contributed by atoms with Gasteiger partial charge in [-0.15, -0.1) is 0 Å². The van der Waals surface area contributed by atoms with Crippen LogP contribution >= 0.6 is 12.0 Å². The average Bonchev–Trinajstić information content (AvgIpc) is 2.57. The minimum absolute atomic E-state index is 0.251. The van der Waals surface area contributed by atoms with Crippen LogP contribution in [0, 0.1) is 23.2 Å². The molecule has 5 nitrogen and oxygen atoms in total. The Kier molecular flexibility index (Phi) is 6.61. The summed E-state index contributed by atoms with van der Waals surface area (Å²) in [6, 6.07) is 0. The lowest BCUT2D eigenvalue weighted by Gasteiger charge is -2.56. The van der Waals surface area contributed by atoms with Crippen LogP contribution in [0.15, 0.2) is 0 Å². The number of hydrogen-bond donors (Lipinski definition) is 0. The lowest BCUT2D eigenvalue weighted by Crippen LogP contribution is -2.54. The summed E-state index contributed by atoms with van der Waals surface area (Å²) in [4.78, 5) is 0. The number of alkyl halides is 8. The molecule has 14 heteroatoms. The fourth-order valence-corrected chi connectivity index (χ4v) is 5.60. The summed E-state index contributed by atoms with van der Waals surface area (Å²) in [5.41, 5.74) is -0.412. The third-order valence-corrected chi connectivity index (χ3v) is 6.61. The van der Waals surface area contributed by atoms with E-state index in [2.05, 4.69) is 14.1 Å². The lowest BCUT2D eigenvalue weighted by molar-refractivity contribution is -0.777. The molecular weight excluding hydrogens is 456 g/mol. The quantitative estimate of drug-likeness (QED) is 0.190. The Bertz CT molecular complexity index is 585. The van der Waals surface area contributed by atoms with E-state index >= 15 is 0 Å². The molecule has 0 amide bonds. The summed E-state index contributed by atoms with van der Waals surface area (Å²) in [7, 11) is 0. The highest BCUT2D eigenvalue weighted by Gasteiger charge is 2.70. The molecule has 0 unspecified atom stereocenters. The zero-order chi connectivity index (χ0) is 22.4. The van der Waals surface area contributed by atoms with Gasteiger partial charge >= 0.3 is 23.4 Å². The van der Waals surface area contributed by atoms with Gasteiger partial charge in [0, 0.05) is 0 Å². The van der Waals surface area contributed by atoms with Crippen molar-refractivity contribution in [2.75, 3.05) is 13.2 Å². The van der Waals surface area contributed by atoms with Gasteiger partial charge in [0.05, 0.1) is 6.61 Å². The van der Waals surface area contributed by atoms with E-state index in [4.69, 9.17) is 4.74 Å². The molecule has 4 bridgehead atoms. The van der Waals surface area contributed by atoms with Crippen molar-refractivity contribution in [3.05, 3.63) is 0 Å². The van der Waals surface area contributed by atoms with Crippen molar-refractivity contribution >= 4 is 12.0 Å². The number of hydrogen-bond acceptors (Lipinski definition) is 6. The van der Waals surface area contributed by atoms with Crippen molar-refractivity contribution in [2.24, 2.45) is 23.2 Å². The maximum absolute atomic E-state index is 13.8. The van der Waals surface area contributed by atoms with Crippen LogP contribution in [-0.4, -0.2) is 36.6 Å². The van der Waals surface area contributed by atoms with E-state index in [1.54, 1.807) is 0 Å². The van der Waals surface area contributed by atoms with Gasteiger partial charge in [0.15, 0.2) is 0 Å². The van der Waals surface area contributed by atoms with Crippen LogP contribution < -0.4 is 5.26 Å². The molecular formula is C16H19F8O5S-. The molecule has 4 aliphatic carbocycles. The van der Waals surface area contributed by atoms with Gasteiger partial charge in [0.2, 0.25) is 0 Å². The first kappa shape index (κ1) is 24.2. The molecule has 0 aromatic rings. The highest BCUT2D eigenvalue weighted by Crippen LogP contribution is 2.60. The van der Waals surface area contributed by atoms with E-state index in [0.717, 1.165) is 38.5 Å². The van der Waals surface area contributed by atoms with E-state index in [0.29, 0.717) is 17.8 Å². The molecule has 0 aromatic carbocycles. The molecule has 0 aromatic heterocycles. The van der Waals surface area contributed by atoms with Crippen molar-refractivity contribution in [1.82, 2.24) is 0 Å². The summed E-state index contributed by atoms with van der Waals surface area (Å²) < 4.78 is 118. The number of rotatable bonds is 11. The normalized spacial score (nSPS) is 32.1. The lowest BCUT2D eigenvalue weighted by atomic mass is 9.50. The van der Waals surface area contributed by atoms with Gasteiger partial charge in [-0.2, -0.15) is 39.5 Å². The second-order valence-electron chi connectivity index (χ2n) is 8.49. The highest BCUT2D eigenvalue weighted by atomic mass is 32.2. The van der Waals surface area contributed by atoms with E-state index in [-0.39, 0.29) is 6.61 Å². The van der Waals surface area contributed by atoms with Crippen LogP contribution in [0.4, 0.5) is 35.1 Å². The minimum atomic E-state index is -6.12. The van der Waals surface area contributed by atoms with E-state index in [1.807, 2.05) is 0 Å². The van der Waals surface area contributed by atoms with Gasteiger partial charge in [-0.25, -0.2) is 4.74 Å². The molecule has 4 aliphatic rings. The topological polar surface area (TPSA) is 60.0 Å².